The highest BCUT2D eigenvalue weighted by Crippen LogP contribution is 2.13. The second-order valence-corrected chi connectivity index (χ2v) is 6.27. The Hall–Kier alpha value is -1.06. The van der Waals surface area contributed by atoms with Crippen molar-refractivity contribution >= 4 is 23.2 Å². The van der Waals surface area contributed by atoms with Gasteiger partial charge in [-0.05, 0) is 30.7 Å². The van der Waals surface area contributed by atoms with Gasteiger partial charge in [-0.25, -0.2) is 0 Å². The van der Waals surface area contributed by atoms with Gasteiger partial charge in [0.2, 0.25) is 0 Å². The number of hydrogen-bond acceptors (Lipinski definition) is 1. The lowest BCUT2D eigenvalue weighted by atomic mass is 9.92. The number of benzene rings is 1. The van der Waals surface area contributed by atoms with Crippen LogP contribution in [-0.4, -0.2) is 25.5 Å². The van der Waals surface area contributed by atoms with E-state index in [2.05, 4.69) is 19.2 Å². The number of quaternary nitrogens is 1. The van der Waals surface area contributed by atoms with Gasteiger partial charge in [-0.1, -0.05) is 25.4 Å². The minimum Gasteiger partial charge on any atom is -0.327 e. The Labute approximate surface area is 119 Å². The second-order valence-electron chi connectivity index (χ2n) is 5.84. The molecular weight excluding hydrogens is 260 g/mol. The number of carbonyl (C=O) groups is 1. The molecule has 1 aromatic rings. The van der Waals surface area contributed by atoms with Crippen molar-refractivity contribution in [2.24, 2.45) is 11.8 Å². The molecule has 0 bridgehead atoms. The van der Waals surface area contributed by atoms with E-state index in [9.17, 15) is 4.79 Å². The predicted octanol–water partition coefficient (Wildman–Crippen LogP) is 1.84. The normalized spacial score (nSPS) is 27.0. The van der Waals surface area contributed by atoms with E-state index in [1.165, 1.54) is 11.3 Å². The second kappa shape index (κ2) is 6.40. The molecule has 0 spiro atoms. The van der Waals surface area contributed by atoms with E-state index in [-0.39, 0.29) is 5.91 Å². The number of rotatable bonds is 3. The number of likely N-dealkylation sites (tertiary alicyclic amines) is 1. The molecule has 1 heterocycles. The Morgan fingerprint density at radius 1 is 1.26 bits per heavy atom. The zero-order valence-corrected chi connectivity index (χ0v) is 12.3. The third-order valence-electron chi connectivity index (χ3n) is 3.62. The lowest BCUT2D eigenvalue weighted by Gasteiger charge is -2.31. The third kappa shape index (κ3) is 4.51. The summed E-state index contributed by atoms with van der Waals surface area (Å²) in [4.78, 5) is 13.4. The number of anilines is 1. The molecule has 0 radical (unpaired) electrons. The van der Waals surface area contributed by atoms with Gasteiger partial charge in [0.25, 0.3) is 5.91 Å². The Morgan fingerprint density at radius 2 is 1.84 bits per heavy atom. The van der Waals surface area contributed by atoms with Gasteiger partial charge in [0.1, 0.15) is 0 Å². The SMILES string of the molecule is C[C@@H]1C[C@H](C)C[NH+](CC(=O)Nc2ccc(Cl)cc2)C1. The van der Waals surface area contributed by atoms with Gasteiger partial charge in [-0.3, -0.25) is 4.79 Å². The van der Waals surface area contributed by atoms with Crippen molar-refractivity contribution in [1.82, 2.24) is 0 Å². The molecule has 1 saturated heterocycles. The van der Waals surface area contributed by atoms with Gasteiger partial charge in [0.15, 0.2) is 6.54 Å². The highest BCUT2D eigenvalue weighted by molar-refractivity contribution is 6.30. The molecule has 1 aliphatic heterocycles. The highest BCUT2D eigenvalue weighted by atomic mass is 35.5. The van der Waals surface area contributed by atoms with Crippen LogP contribution in [0.25, 0.3) is 0 Å². The molecule has 1 amide bonds. The average Bonchev–Trinajstić information content (AvgIpc) is 2.30. The minimum absolute atomic E-state index is 0.0821. The number of amides is 1. The largest absolute Gasteiger partial charge is 0.327 e. The van der Waals surface area contributed by atoms with Crippen molar-refractivity contribution in [3.8, 4) is 0 Å². The Morgan fingerprint density at radius 3 is 2.42 bits per heavy atom. The summed E-state index contributed by atoms with van der Waals surface area (Å²) in [6.45, 7) is 7.29. The molecule has 2 N–H and O–H groups in total. The molecule has 1 unspecified atom stereocenters. The van der Waals surface area contributed by atoms with Crippen molar-refractivity contribution in [2.45, 2.75) is 20.3 Å². The summed E-state index contributed by atoms with van der Waals surface area (Å²) in [5.74, 6) is 1.50. The molecular formula is C15H22ClN2O+. The van der Waals surface area contributed by atoms with Crippen molar-refractivity contribution in [2.75, 3.05) is 25.0 Å². The number of carbonyl (C=O) groups excluding carboxylic acids is 1. The van der Waals surface area contributed by atoms with E-state index in [0.717, 1.165) is 18.8 Å². The van der Waals surface area contributed by atoms with Crippen LogP contribution >= 0.6 is 11.6 Å². The number of hydrogen-bond donors (Lipinski definition) is 2. The number of halogens is 1. The van der Waals surface area contributed by atoms with Crippen LogP contribution in [0.5, 0.6) is 0 Å². The van der Waals surface area contributed by atoms with Crippen LogP contribution in [0.4, 0.5) is 5.69 Å². The van der Waals surface area contributed by atoms with Crippen molar-refractivity contribution < 1.29 is 9.69 Å². The van der Waals surface area contributed by atoms with E-state index < -0.39 is 0 Å². The van der Waals surface area contributed by atoms with Crippen LogP contribution in [0.3, 0.4) is 0 Å². The number of piperidine rings is 1. The first kappa shape index (κ1) is 14.4. The predicted molar refractivity (Wildman–Crippen MR) is 78.6 cm³/mol. The molecule has 2 rings (SSSR count). The Kier molecular flexibility index (Phi) is 4.83. The Balaban J connectivity index is 1.85. The topological polar surface area (TPSA) is 33.5 Å². The summed E-state index contributed by atoms with van der Waals surface area (Å²) in [5.41, 5.74) is 0.812. The van der Waals surface area contributed by atoms with Crippen LogP contribution in [0.1, 0.15) is 20.3 Å². The van der Waals surface area contributed by atoms with E-state index in [4.69, 9.17) is 11.6 Å². The summed E-state index contributed by atoms with van der Waals surface area (Å²) in [6, 6.07) is 7.23. The summed E-state index contributed by atoms with van der Waals surface area (Å²) in [5, 5.41) is 3.61. The fourth-order valence-corrected chi connectivity index (χ4v) is 3.16. The fraction of sp³-hybridized carbons (Fsp3) is 0.533. The van der Waals surface area contributed by atoms with Crippen molar-refractivity contribution in [3.63, 3.8) is 0 Å². The first-order valence-electron chi connectivity index (χ1n) is 6.92. The van der Waals surface area contributed by atoms with Gasteiger partial charge >= 0.3 is 0 Å². The zero-order chi connectivity index (χ0) is 13.8. The molecule has 0 aromatic heterocycles. The summed E-state index contributed by atoms with van der Waals surface area (Å²) >= 11 is 5.82. The molecule has 0 saturated carbocycles. The van der Waals surface area contributed by atoms with Crippen LogP contribution in [-0.2, 0) is 4.79 Å². The Bertz CT molecular complexity index is 422. The van der Waals surface area contributed by atoms with Gasteiger partial charge in [-0.15, -0.1) is 0 Å². The maximum atomic E-state index is 12.0. The van der Waals surface area contributed by atoms with Crippen molar-refractivity contribution in [1.29, 1.82) is 0 Å². The molecule has 4 heteroatoms. The monoisotopic (exact) mass is 281 g/mol. The molecule has 0 aliphatic carbocycles. The molecule has 3 nitrogen and oxygen atoms in total. The lowest BCUT2D eigenvalue weighted by molar-refractivity contribution is -0.904. The van der Waals surface area contributed by atoms with Gasteiger partial charge < -0.3 is 10.2 Å². The minimum atomic E-state index is 0.0821. The maximum Gasteiger partial charge on any atom is 0.279 e. The van der Waals surface area contributed by atoms with Gasteiger partial charge in [-0.2, -0.15) is 0 Å². The summed E-state index contributed by atoms with van der Waals surface area (Å²) in [7, 11) is 0. The third-order valence-corrected chi connectivity index (χ3v) is 3.87. The van der Waals surface area contributed by atoms with E-state index in [0.29, 0.717) is 23.4 Å². The highest BCUT2D eigenvalue weighted by Gasteiger charge is 2.26. The fourth-order valence-electron chi connectivity index (χ4n) is 3.03. The van der Waals surface area contributed by atoms with E-state index >= 15 is 0 Å². The standard InChI is InChI=1S/C15H21ClN2O/c1-11-7-12(2)9-18(8-11)10-15(19)17-14-5-3-13(16)4-6-14/h3-6,11-12H,7-10H2,1-2H3,(H,17,19)/p+1/t11-,12+. The van der Waals surface area contributed by atoms with E-state index in [1.54, 1.807) is 12.1 Å². The molecule has 1 fully saturated rings. The first-order valence-corrected chi connectivity index (χ1v) is 7.29. The van der Waals surface area contributed by atoms with Crippen molar-refractivity contribution in [3.05, 3.63) is 29.3 Å². The molecule has 3 atom stereocenters. The van der Waals surface area contributed by atoms with E-state index in [1.807, 2.05) is 12.1 Å². The van der Waals surface area contributed by atoms with Crippen LogP contribution < -0.4 is 10.2 Å². The van der Waals surface area contributed by atoms with Gasteiger partial charge in [0.05, 0.1) is 13.1 Å². The average molecular weight is 282 g/mol. The molecule has 19 heavy (non-hydrogen) atoms. The van der Waals surface area contributed by atoms with Crippen LogP contribution in [0.15, 0.2) is 24.3 Å². The van der Waals surface area contributed by atoms with Crippen LogP contribution in [0, 0.1) is 11.8 Å². The van der Waals surface area contributed by atoms with Crippen LogP contribution in [0.2, 0.25) is 5.02 Å². The summed E-state index contributed by atoms with van der Waals surface area (Å²) in [6.07, 6.45) is 1.28. The zero-order valence-electron chi connectivity index (χ0n) is 11.6. The summed E-state index contributed by atoms with van der Waals surface area (Å²) < 4.78 is 0. The lowest BCUT2D eigenvalue weighted by Crippen LogP contribution is -3.15. The number of nitrogens with one attached hydrogen (secondary N) is 2. The molecule has 1 aliphatic rings. The van der Waals surface area contributed by atoms with Gasteiger partial charge in [0, 0.05) is 22.5 Å². The maximum absolute atomic E-state index is 12.0. The quantitative estimate of drug-likeness (QED) is 0.871. The molecule has 1 aromatic carbocycles. The first-order chi connectivity index (χ1) is 9.02. The molecule has 104 valence electrons. The smallest absolute Gasteiger partial charge is 0.279 e.